The van der Waals surface area contributed by atoms with Crippen LogP contribution in [-0.2, 0) is 4.84 Å². The molecule has 0 saturated heterocycles. The van der Waals surface area contributed by atoms with Crippen molar-refractivity contribution >= 4 is 23.5 Å². The summed E-state index contributed by atoms with van der Waals surface area (Å²) in [5.41, 5.74) is 8.88. The van der Waals surface area contributed by atoms with Crippen molar-refractivity contribution in [2.75, 3.05) is 18.2 Å². The fourth-order valence-corrected chi connectivity index (χ4v) is 3.15. The topological polar surface area (TPSA) is 85.4 Å². The first kappa shape index (κ1) is 16.2. The van der Waals surface area contributed by atoms with Crippen LogP contribution in [0, 0.1) is 0 Å². The second kappa shape index (κ2) is 7.77. The quantitative estimate of drug-likeness (QED) is 0.644. The highest BCUT2D eigenvalue weighted by Crippen LogP contribution is 2.33. The van der Waals surface area contributed by atoms with Crippen molar-refractivity contribution in [3.63, 3.8) is 0 Å². The van der Waals surface area contributed by atoms with Crippen molar-refractivity contribution in [3.05, 3.63) is 41.7 Å². The van der Waals surface area contributed by atoms with Crippen LogP contribution in [0.4, 0.5) is 17.3 Å². The molecule has 0 amide bonds. The van der Waals surface area contributed by atoms with Crippen LogP contribution < -0.4 is 11.1 Å². The van der Waals surface area contributed by atoms with Crippen LogP contribution in [0.15, 0.2) is 35.7 Å². The van der Waals surface area contributed by atoms with Crippen LogP contribution in [0.5, 0.6) is 0 Å². The van der Waals surface area contributed by atoms with Gasteiger partial charge in [-0.1, -0.05) is 36.6 Å². The summed E-state index contributed by atoms with van der Waals surface area (Å²) in [6.07, 6.45) is 9.59. The van der Waals surface area contributed by atoms with E-state index >= 15 is 0 Å². The summed E-state index contributed by atoms with van der Waals surface area (Å²) in [4.78, 5) is 13.0. The number of hydrogen-bond acceptors (Lipinski definition) is 6. The maximum atomic E-state index is 5.90. The molecule has 1 fully saturated rings. The molecule has 2 aromatic rings. The molecule has 0 atom stereocenters. The molecule has 1 aromatic heterocycles. The van der Waals surface area contributed by atoms with Crippen LogP contribution in [0.25, 0.3) is 0 Å². The zero-order valence-corrected chi connectivity index (χ0v) is 13.9. The van der Waals surface area contributed by atoms with Crippen molar-refractivity contribution in [2.45, 2.75) is 38.0 Å². The maximum absolute atomic E-state index is 5.90. The summed E-state index contributed by atoms with van der Waals surface area (Å²) in [6.45, 7) is 0. The largest absolute Gasteiger partial charge is 0.399 e. The fourth-order valence-electron chi connectivity index (χ4n) is 3.15. The normalized spacial score (nSPS) is 15.5. The Labute approximate surface area is 142 Å². The number of hydrogen-bond donors (Lipinski definition) is 2. The minimum Gasteiger partial charge on any atom is -0.399 e. The zero-order valence-electron chi connectivity index (χ0n) is 13.9. The van der Waals surface area contributed by atoms with E-state index in [0.29, 0.717) is 23.1 Å². The van der Waals surface area contributed by atoms with E-state index in [-0.39, 0.29) is 0 Å². The van der Waals surface area contributed by atoms with Gasteiger partial charge in [-0.3, -0.25) is 0 Å². The number of nitrogens with zero attached hydrogens (tertiary/aromatic N) is 3. The van der Waals surface area contributed by atoms with E-state index in [4.69, 9.17) is 10.6 Å². The van der Waals surface area contributed by atoms with Crippen LogP contribution in [0.2, 0.25) is 0 Å². The number of nitrogens with two attached hydrogens (primary N) is 1. The Bertz CT molecular complexity index is 693. The van der Waals surface area contributed by atoms with Gasteiger partial charge < -0.3 is 15.9 Å². The summed E-state index contributed by atoms with van der Waals surface area (Å²) < 4.78 is 0. The predicted molar refractivity (Wildman–Crippen MR) is 96.6 cm³/mol. The Morgan fingerprint density at radius 2 is 1.92 bits per heavy atom. The van der Waals surface area contributed by atoms with E-state index in [1.54, 1.807) is 0 Å². The number of nitrogen functional groups attached to an aromatic ring is 1. The van der Waals surface area contributed by atoms with E-state index in [0.717, 1.165) is 5.69 Å². The summed E-state index contributed by atoms with van der Waals surface area (Å²) in [7, 11) is 1.48. The van der Waals surface area contributed by atoms with E-state index in [1.807, 2.05) is 0 Å². The number of anilines is 3. The maximum Gasteiger partial charge on any atom is 0.144 e. The predicted octanol–water partition coefficient (Wildman–Crippen LogP) is 3.83. The van der Waals surface area contributed by atoms with Gasteiger partial charge in [-0.2, -0.15) is 0 Å². The molecule has 3 N–H and O–H groups in total. The van der Waals surface area contributed by atoms with Crippen LogP contribution in [0.1, 0.15) is 49.1 Å². The molecule has 0 spiro atoms. The first-order valence-corrected chi connectivity index (χ1v) is 8.32. The number of oxime groups is 1. The summed E-state index contributed by atoms with van der Waals surface area (Å²) >= 11 is 0. The molecule has 6 nitrogen and oxygen atoms in total. The van der Waals surface area contributed by atoms with E-state index in [9.17, 15) is 0 Å². The Morgan fingerprint density at radius 3 is 2.62 bits per heavy atom. The monoisotopic (exact) mass is 325 g/mol. The Hall–Kier alpha value is -2.63. The van der Waals surface area contributed by atoms with Gasteiger partial charge in [0.05, 0.1) is 11.8 Å². The molecule has 3 rings (SSSR count). The van der Waals surface area contributed by atoms with Crippen LogP contribution in [-0.4, -0.2) is 23.3 Å². The molecule has 6 heteroatoms. The lowest BCUT2D eigenvalue weighted by Crippen LogP contribution is -2.06. The second-order valence-corrected chi connectivity index (χ2v) is 6.02. The molecule has 1 aliphatic rings. The molecule has 0 bridgehead atoms. The Morgan fingerprint density at radius 1 is 1.17 bits per heavy atom. The van der Waals surface area contributed by atoms with Crippen LogP contribution >= 0.6 is 0 Å². The number of benzene rings is 1. The Kier molecular flexibility index (Phi) is 5.25. The second-order valence-electron chi connectivity index (χ2n) is 6.02. The third kappa shape index (κ3) is 3.82. The first-order chi connectivity index (χ1) is 11.8. The molecule has 1 aliphatic carbocycles. The van der Waals surface area contributed by atoms with Crippen molar-refractivity contribution < 1.29 is 4.84 Å². The summed E-state index contributed by atoms with van der Waals surface area (Å²) in [6, 6.07) is 8.57. The van der Waals surface area contributed by atoms with Gasteiger partial charge in [0, 0.05) is 5.69 Å². The lowest BCUT2D eigenvalue weighted by molar-refractivity contribution is 0.215. The fraction of sp³-hybridized carbons (Fsp3) is 0.389. The average Bonchev–Trinajstić information content (AvgIpc) is 2.63. The summed E-state index contributed by atoms with van der Waals surface area (Å²) in [5.74, 6) is 1.66. The van der Waals surface area contributed by atoms with Crippen molar-refractivity contribution in [2.24, 2.45) is 5.16 Å². The van der Waals surface area contributed by atoms with Gasteiger partial charge in [0.25, 0.3) is 0 Å². The third-order valence-corrected chi connectivity index (χ3v) is 4.45. The van der Waals surface area contributed by atoms with Gasteiger partial charge in [0.1, 0.15) is 25.1 Å². The van der Waals surface area contributed by atoms with Gasteiger partial charge in [0.15, 0.2) is 0 Å². The molecular formula is C18H23N5O. The smallest absolute Gasteiger partial charge is 0.144 e. The van der Waals surface area contributed by atoms with E-state index in [2.05, 4.69) is 44.7 Å². The van der Waals surface area contributed by atoms with Crippen molar-refractivity contribution in [1.82, 2.24) is 9.97 Å². The molecule has 24 heavy (non-hydrogen) atoms. The highest BCUT2D eigenvalue weighted by Gasteiger charge is 2.15. The number of rotatable bonds is 5. The molecule has 1 heterocycles. The zero-order chi connectivity index (χ0) is 16.8. The minimum absolute atomic E-state index is 0.354. The average molecular weight is 325 g/mol. The lowest BCUT2D eigenvalue weighted by Gasteiger charge is -2.22. The lowest BCUT2D eigenvalue weighted by atomic mass is 9.84. The molecular weight excluding hydrogens is 302 g/mol. The highest BCUT2D eigenvalue weighted by molar-refractivity contribution is 5.92. The molecule has 126 valence electrons. The van der Waals surface area contributed by atoms with Crippen molar-refractivity contribution in [1.29, 1.82) is 0 Å². The Balaban J connectivity index is 1.76. The minimum atomic E-state index is 0.354. The van der Waals surface area contributed by atoms with Crippen LogP contribution in [0.3, 0.4) is 0 Å². The highest BCUT2D eigenvalue weighted by atomic mass is 16.6. The molecule has 0 aliphatic heterocycles. The standard InChI is InChI=1S/C18H23N5O/c1-24-22-11-16-17(19)20-12-21-18(16)23-15-9-7-14(8-10-15)13-5-3-2-4-6-13/h7-13H,2-6H2,1H3,(H3,19,20,21,23)/b22-11+. The van der Waals surface area contributed by atoms with Gasteiger partial charge in [0.2, 0.25) is 0 Å². The first-order valence-electron chi connectivity index (χ1n) is 8.32. The molecule has 0 radical (unpaired) electrons. The molecule has 1 saturated carbocycles. The van der Waals surface area contributed by atoms with E-state index in [1.165, 1.54) is 57.3 Å². The third-order valence-electron chi connectivity index (χ3n) is 4.45. The summed E-state index contributed by atoms with van der Waals surface area (Å²) in [5, 5.41) is 7.03. The SMILES string of the molecule is CO/N=C/c1c(N)ncnc1Nc1ccc(C2CCCCC2)cc1. The van der Waals surface area contributed by atoms with E-state index < -0.39 is 0 Å². The van der Waals surface area contributed by atoms with Gasteiger partial charge in [-0.15, -0.1) is 0 Å². The van der Waals surface area contributed by atoms with Gasteiger partial charge >= 0.3 is 0 Å². The van der Waals surface area contributed by atoms with Gasteiger partial charge in [-0.25, -0.2) is 9.97 Å². The molecule has 1 aromatic carbocycles. The molecule has 0 unspecified atom stereocenters. The van der Waals surface area contributed by atoms with Crippen molar-refractivity contribution in [3.8, 4) is 0 Å². The van der Waals surface area contributed by atoms with Gasteiger partial charge in [-0.05, 0) is 36.5 Å². The number of nitrogens with one attached hydrogen (secondary N) is 1. The number of aromatic nitrogens is 2.